The summed E-state index contributed by atoms with van der Waals surface area (Å²) in [6, 6.07) is 7.53. The van der Waals surface area contributed by atoms with Crippen molar-refractivity contribution in [2.75, 3.05) is 13.2 Å². The Morgan fingerprint density at radius 2 is 2.12 bits per heavy atom. The van der Waals surface area contributed by atoms with Crippen molar-refractivity contribution in [2.45, 2.75) is 24.4 Å². The summed E-state index contributed by atoms with van der Waals surface area (Å²) in [5, 5.41) is 18.9. The van der Waals surface area contributed by atoms with Gasteiger partial charge < -0.3 is 19.9 Å². The van der Waals surface area contributed by atoms with Gasteiger partial charge in [0.05, 0.1) is 25.8 Å². The fourth-order valence-corrected chi connectivity index (χ4v) is 3.31. The lowest BCUT2D eigenvalue weighted by Gasteiger charge is -2.24. The van der Waals surface area contributed by atoms with Gasteiger partial charge in [0.25, 0.3) is 0 Å². The number of amidine groups is 1. The third-order valence-electron chi connectivity index (χ3n) is 3.56. The number of nitrogens with zero attached hydrogens (tertiary/aromatic N) is 2. The summed E-state index contributed by atoms with van der Waals surface area (Å²) in [6.45, 7) is 1.29. The predicted octanol–water partition coefficient (Wildman–Crippen LogP) is 1.52. The molecule has 2 saturated heterocycles. The van der Waals surface area contributed by atoms with Gasteiger partial charge in [-0.1, -0.05) is 36.0 Å². The number of carbonyl (C=O) groups excluding carboxylic acids is 1. The number of hydrogen-bond acceptors (Lipinski definition) is 7. The number of rotatable bonds is 5. The number of aliphatic carboxylic acids is 1. The maximum atomic E-state index is 11.7. The first kappa shape index (κ1) is 17.6. The Bertz CT molecular complexity index is 715. The maximum absolute atomic E-state index is 11.7. The molecule has 0 bridgehead atoms. The molecule has 0 aromatic heterocycles. The van der Waals surface area contributed by atoms with Gasteiger partial charge >= 0.3 is 5.97 Å². The molecule has 0 radical (unpaired) electrons. The first-order valence-corrected chi connectivity index (χ1v) is 8.64. The summed E-state index contributed by atoms with van der Waals surface area (Å²) in [4.78, 5) is 22.4. The lowest BCUT2D eigenvalue weighted by Crippen LogP contribution is -2.26. The Balaban J connectivity index is 1.68. The number of carboxylic acid groups (broad SMARTS) is 1. The molecule has 1 atom stereocenters. The van der Waals surface area contributed by atoms with Crippen molar-refractivity contribution in [1.82, 2.24) is 5.32 Å². The van der Waals surface area contributed by atoms with Crippen molar-refractivity contribution in [2.24, 2.45) is 10.2 Å². The molecule has 1 aromatic rings. The van der Waals surface area contributed by atoms with Crippen molar-refractivity contribution >= 4 is 35.0 Å². The van der Waals surface area contributed by atoms with E-state index >= 15 is 0 Å². The largest absolute Gasteiger partial charge is 0.481 e. The van der Waals surface area contributed by atoms with Crippen molar-refractivity contribution in [3.63, 3.8) is 0 Å². The van der Waals surface area contributed by atoms with Crippen LogP contribution in [0.1, 0.15) is 30.3 Å². The standard InChI is InChI=1S/C16H17N3O5S/c20-13(21)8-12-14(22)18-16(25-12)19-17-9-10-4-1-2-5-11(10)15-23-6-3-7-24-15/h1-2,4-5,9,12,15H,3,6-8H2,(H,20,21)(H,18,19,22). The van der Waals surface area contributed by atoms with E-state index in [0.29, 0.717) is 13.2 Å². The second kappa shape index (κ2) is 8.24. The molecule has 2 aliphatic rings. The smallest absolute Gasteiger partial charge is 0.305 e. The van der Waals surface area contributed by atoms with Crippen LogP contribution in [0.25, 0.3) is 0 Å². The molecule has 0 spiro atoms. The summed E-state index contributed by atoms with van der Waals surface area (Å²) in [7, 11) is 0. The van der Waals surface area contributed by atoms with Gasteiger partial charge in [-0.25, -0.2) is 0 Å². The molecule has 0 saturated carbocycles. The molecule has 1 unspecified atom stereocenters. The van der Waals surface area contributed by atoms with Crippen LogP contribution in [0.5, 0.6) is 0 Å². The van der Waals surface area contributed by atoms with Gasteiger partial charge in [0, 0.05) is 11.1 Å². The number of amides is 1. The third-order valence-corrected chi connectivity index (χ3v) is 4.63. The van der Waals surface area contributed by atoms with E-state index in [-0.39, 0.29) is 17.5 Å². The monoisotopic (exact) mass is 363 g/mol. The number of thioether (sulfide) groups is 1. The average molecular weight is 363 g/mol. The highest BCUT2D eigenvalue weighted by atomic mass is 32.2. The Morgan fingerprint density at radius 3 is 2.88 bits per heavy atom. The molecule has 2 heterocycles. The van der Waals surface area contributed by atoms with Crippen LogP contribution in [0.4, 0.5) is 0 Å². The number of hydrogen-bond donors (Lipinski definition) is 2. The minimum absolute atomic E-state index is 0.252. The number of benzene rings is 1. The minimum atomic E-state index is -1.03. The summed E-state index contributed by atoms with van der Waals surface area (Å²) in [5.74, 6) is -1.40. The molecule has 0 aliphatic carbocycles. The van der Waals surface area contributed by atoms with Crippen molar-refractivity contribution in [3.05, 3.63) is 35.4 Å². The molecule has 9 heteroatoms. The Kier molecular flexibility index (Phi) is 5.79. The molecule has 132 valence electrons. The molecule has 2 N–H and O–H groups in total. The fourth-order valence-electron chi connectivity index (χ4n) is 2.40. The normalized spacial score (nSPS) is 23.3. The Morgan fingerprint density at radius 1 is 1.36 bits per heavy atom. The van der Waals surface area contributed by atoms with Gasteiger partial charge in [0.15, 0.2) is 11.5 Å². The number of carbonyl (C=O) groups is 2. The quantitative estimate of drug-likeness (QED) is 0.606. The van der Waals surface area contributed by atoms with Crippen LogP contribution in [0, 0.1) is 0 Å². The average Bonchev–Trinajstić information content (AvgIpc) is 2.95. The van der Waals surface area contributed by atoms with Crippen LogP contribution in [0.3, 0.4) is 0 Å². The molecule has 1 aromatic carbocycles. The molecule has 2 fully saturated rings. The van der Waals surface area contributed by atoms with Gasteiger partial charge in [0.2, 0.25) is 5.91 Å². The van der Waals surface area contributed by atoms with E-state index in [0.717, 1.165) is 29.3 Å². The highest BCUT2D eigenvalue weighted by Gasteiger charge is 2.32. The number of nitrogens with one attached hydrogen (secondary N) is 1. The Hall–Kier alpha value is -2.23. The summed E-state index contributed by atoms with van der Waals surface area (Å²) in [5.41, 5.74) is 1.66. The minimum Gasteiger partial charge on any atom is -0.481 e. The molecule has 2 aliphatic heterocycles. The van der Waals surface area contributed by atoms with Gasteiger partial charge in [0.1, 0.15) is 5.25 Å². The molecule has 25 heavy (non-hydrogen) atoms. The Labute approximate surface area is 148 Å². The first-order chi connectivity index (χ1) is 12.1. The van der Waals surface area contributed by atoms with Gasteiger partial charge in [-0.2, -0.15) is 5.10 Å². The summed E-state index contributed by atoms with van der Waals surface area (Å²) < 4.78 is 11.2. The lowest BCUT2D eigenvalue weighted by atomic mass is 10.1. The topological polar surface area (TPSA) is 110 Å². The molecule has 3 rings (SSSR count). The zero-order chi connectivity index (χ0) is 17.6. The highest BCUT2D eigenvalue weighted by Crippen LogP contribution is 2.25. The van der Waals surface area contributed by atoms with Gasteiger partial charge in [-0.3, -0.25) is 9.59 Å². The van der Waals surface area contributed by atoms with Crippen LogP contribution in [0.2, 0.25) is 0 Å². The van der Waals surface area contributed by atoms with E-state index in [1.54, 1.807) is 6.21 Å². The lowest BCUT2D eigenvalue weighted by molar-refractivity contribution is -0.183. The predicted molar refractivity (Wildman–Crippen MR) is 92.5 cm³/mol. The van der Waals surface area contributed by atoms with E-state index in [1.807, 2.05) is 24.3 Å². The number of ether oxygens (including phenoxy) is 2. The maximum Gasteiger partial charge on any atom is 0.305 e. The fraction of sp³-hybridized carbons (Fsp3) is 0.375. The summed E-state index contributed by atoms with van der Waals surface area (Å²) >= 11 is 1.06. The van der Waals surface area contributed by atoms with E-state index in [1.165, 1.54) is 0 Å². The van der Waals surface area contributed by atoms with E-state index in [2.05, 4.69) is 15.5 Å². The van der Waals surface area contributed by atoms with Crippen LogP contribution < -0.4 is 5.32 Å². The van der Waals surface area contributed by atoms with Gasteiger partial charge in [-0.15, -0.1) is 5.10 Å². The first-order valence-electron chi connectivity index (χ1n) is 7.76. The van der Waals surface area contributed by atoms with E-state index in [4.69, 9.17) is 14.6 Å². The molecular weight excluding hydrogens is 346 g/mol. The molecular formula is C16H17N3O5S. The number of carboxylic acids is 1. The van der Waals surface area contributed by atoms with Gasteiger partial charge in [-0.05, 0) is 6.42 Å². The van der Waals surface area contributed by atoms with Crippen LogP contribution in [-0.4, -0.2) is 46.8 Å². The zero-order valence-corrected chi connectivity index (χ0v) is 14.1. The second-order valence-electron chi connectivity index (χ2n) is 5.40. The van der Waals surface area contributed by atoms with Crippen LogP contribution >= 0.6 is 11.8 Å². The molecule has 8 nitrogen and oxygen atoms in total. The van der Waals surface area contributed by atoms with E-state index in [9.17, 15) is 9.59 Å². The second-order valence-corrected chi connectivity index (χ2v) is 6.59. The molecule has 1 amide bonds. The van der Waals surface area contributed by atoms with Crippen molar-refractivity contribution in [3.8, 4) is 0 Å². The third kappa shape index (κ3) is 4.65. The SMILES string of the molecule is O=C(O)CC1SC(=NN=Cc2ccccc2C2OCCCO2)NC1=O. The van der Waals surface area contributed by atoms with E-state index < -0.39 is 17.5 Å². The highest BCUT2D eigenvalue weighted by molar-refractivity contribution is 8.15. The summed E-state index contributed by atoms with van der Waals surface area (Å²) in [6.07, 6.45) is 1.75. The van der Waals surface area contributed by atoms with Crippen molar-refractivity contribution < 1.29 is 24.2 Å². The zero-order valence-electron chi connectivity index (χ0n) is 13.3. The van der Waals surface area contributed by atoms with Crippen LogP contribution in [-0.2, 0) is 19.1 Å². The van der Waals surface area contributed by atoms with Crippen molar-refractivity contribution in [1.29, 1.82) is 0 Å². The van der Waals surface area contributed by atoms with Crippen LogP contribution in [0.15, 0.2) is 34.5 Å².